The number of hydrogen-bond donors (Lipinski definition) is 1. The quantitative estimate of drug-likeness (QED) is 0.610. The van der Waals surface area contributed by atoms with Crippen molar-refractivity contribution >= 4 is 17.2 Å². The Balaban J connectivity index is 1.97. The molecule has 0 aromatic heterocycles. The van der Waals surface area contributed by atoms with Gasteiger partial charge in [-0.3, -0.25) is 19.8 Å². The molecule has 0 unspecified atom stereocenters. The second-order valence-electron chi connectivity index (χ2n) is 7.51. The Bertz CT molecular complexity index is 1170. The molecule has 0 bridgehead atoms. The fraction of sp³-hybridized carbons (Fsp3) is 0.217. The topological polar surface area (TPSA) is 113 Å². The van der Waals surface area contributed by atoms with Crippen LogP contribution in [0.1, 0.15) is 36.3 Å². The maximum atomic E-state index is 13.1. The summed E-state index contributed by atoms with van der Waals surface area (Å²) in [5.74, 6) is -0.502. The van der Waals surface area contributed by atoms with Gasteiger partial charge < -0.3 is 5.73 Å². The Hall–Kier alpha value is -3.92. The Morgan fingerprint density at radius 3 is 2.67 bits per heavy atom. The van der Waals surface area contributed by atoms with Crippen LogP contribution < -0.4 is 10.6 Å². The van der Waals surface area contributed by atoms with Gasteiger partial charge in [-0.2, -0.15) is 5.26 Å². The molecule has 0 spiro atoms. The van der Waals surface area contributed by atoms with E-state index in [1.807, 2.05) is 31.2 Å². The van der Waals surface area contributed by atoms with Gasteiger partial charge in [0.25, 0.3) is 5.69 Å². The second kappa shape index (κ2) is 7.48. The Labute approximate surface area is 173 Å². The van der Waals surface area contributed by atoms with Gasteiger partial charge in [-0.05, 0) is 43.0 Å². The van der Waals surface area contributed by atoms with Crippen molar-refractivity contribution in [1.82, 2.24) is 0 Å². The largest absolute Gasteiger partial charge is 0.384 e. The Morgan fingerprint density at radius 2 is 1.97 bits per heavy atom. The van der Waals surface area contributed by atoms with Crippen LogP contribution in [-0.2, 0) is 4.79 Å². The van der Waals surface area contributed by atoms with Crippen molar-refractivity contribution < 1.29 is 9.72 Å². The second-order valence-corrected chi connectivity index (χ2v) is 7.51. The van der Waals surface area contributed by atoms with E-state index < -0.39 is 10.8 Å². The average Bonchev–Trinajstić information content (AvgIpc) is 2.73. The van der Waals surface area contributed by atoms with E-state index in [0.717, 1.165) is 16.9 Å². The van der Waals surface area contributed by atoms with Crippen LogP contribution in [0.3, 0.4) is 0 Å². The number of hydrogen-bond acceptors (Lipinski definition) is 6. The number of aryl methyl sites for hydroxylation is 1. The first-order valence-corrected chi connectivity index (χ1v) is 9.69. The van der Waals surface area contributed by atoms with Crippen LogP contribution >= 0.6 is 0 Å². The third-order valence-electron chi connectivity index (χ3n) is 5.59. The number of nitro groups is 1. The lowest BCUT2D eigenvalue weighted by molar-refractivity contribution is -0.384. The van der Waals surface area contributed by atoms with Gasteiger partial charge >= 0.3 is 0 Å². The van der Waals surface area contributed by atoms with Crippen molar-refractivity contribution in [1.29, 1.82) is 5.26 Å². The highest BCUT2D eigenvalue weighted by molar-refractivity contribution is 6.01. The standard InChI is InChI=1S/C23H20N4O3/c1-14-5-2-7-16(11-14)26-19-9-4-10-20(28)22(19)21(18(13-24)23(26)25)15-6-3-8-17(12-15)27(29)30/h2-3,5-8,11-12,21H,4,9-10,25H2,1H3/t21-/m1/s1. The molecule has 1 aliphatic heterocycles. The normalized spacial score (nSPS) is 18.9. The van der Waals surface area contributed by atoms with Crippen LogP contribution in [0.25, 0.3) is 0 Å². The maximum Gasteiger partial charge on any atom is 0.269 e. The third kappa shape index (κ3) is 3.12. The van der Waals surface area contributed by atoms with Crippen molar-refractivity contribution in [3.05, 3.63) is 92.4 Å². The number of allylic oxidation sites excluding steroid dienone is 3. The minimum Gasteiger partial charge on any atom is -0.384 e. The lowest BCUT2D eigenvalue weighted by atomic mass is 9.75. The molecule has 1 atom stereocenters. The SMILES string of the molecule is Cc1cccc(N2C(N)=C(C#N)[C@@H](c3cccc([N+](=O)[O-])c3)C3=C2CCCC3=O)c1. The van der Waals surface area contributed by atoms with Gasteiger partial charge in [0.15, 0.2) is 5.78 Å². The molecule has 0 saturated carbocycles. The molecule has 1 heterocycles. The zero-order chi connectivity index (χ0) is 21.4. The van der Waals surface area contributed by atoms with Crippen LogP contribution in [0.5, 0.6) is 0 Å². The molecule has 0 fully saturated rings. The lowest BCUT2D eigenvalue weighted by Crippen LogP contribution is -2.38. The number of nitrogens with two attached hydrogens (primary N) is 1. The number of rotatable bonds is 3. The summed E-state index contributed by atoms with van der Waals surface area (Å²) in [5.41, 5.74) is 10.3. The molecule has 0 saturated heterocycles. The number of non-ortho nitro benzene ring substituents is 1. The zero-order valence-corrected chi connectivity index (χ0v) is 16.5. The van der Waals surface area contributed by atoms with Gasteiger partial charge in [-0.15, -0.1) is 0 Å². The molecule has 2 aromatic rings. The third-order valence-corrected chi connectivity index (χ3v) is 5.59. The summed E-state index contributed by atoms with van der Waals surface area (Å²) in [6, 6.07) is 16.0. The highest BCUT2D eigenvalue weighted by Gasteiger charge is 2.40. The molecule has 2 N–H and O–H groups in total. The summed E-state index contributed by atoms with van der Waals surface area (Å²) in [5, 5.41) is 21.3. The van der Waals surface area contributed by atoms with Gasteiger partial charge in [0.2, 0.25) is 0 Å². The summed E-state index contributed by atoms with van der Waals surface area (Å²) < 4.78 is 0. The predicted octanol–water partition coefficient (Wildman–Crippen LogP) is 4.21. The van der Waals surface area contributed by atoms with Gasteiger partial charge in [0.1, 0.15) is 5.82 Å². The van der Waals surface area contributed by atoms with Crippen LogP contribution in [0, 0.1) is 28.4 Å². The summed E-state index contributed by atoms with van der Waals surface area (Å²) in [6.45, 7) is 1.96. The van der Waals surface area contributed by atoms with Gasteiger partial charge in [0, 0.05) is 35.5 Å². The van der Waals surface area contributed by atoms with Crippen LogP contribution in [0.4, 0.5) is 11.4 Å². The van der Waals surface area contributed by atoms with Crippen LogP contribution in [0.2, 0.25) is 0 Å². The summed E-state index contributed by atoms with van der Waals surface area (Å²) in [6.07, 6.45) is 1.71. The van der Waals surface area contributed by atoms with E-state index in [0.29, 0.717) is 30.4 Å². The van der Waals surface area contributed by atoms with Crippen molar-refractivity contribution in [2.24, 2.45) is 5.73 Å². The smallest absolute Gasteiger partial charge is 0.269 e. The van der Waals surface area contributed by atoms with Gasteiger partial charge in [-0.1, -0.05) is 24.3 Å². The van der Waals surface area contributed by atoms with E-state index in [-0.39, 0.29) is 22.9 Å². The number of nitriles is 1. The predicted molar refractivity (Wildman–Crippen MR) is 112 cm³/mol. The first-order chi connectivity index (χ1) is 14.4. The summed E-state index contributed by atoms with van der Waals surface area (Å²) in [7, 11) is 0. The number of anilines is 1. The minimum atomic E-state index is -0.709. The van der Waals surface area contributed by atoms with E-state index in [9.17, 15) is 20.2 Å². The minimum absolute atomic E-state index is 0.0503. The first-order valence-electron chi connectivity index (χ1n) is 9.69. The number of carbonyl (C=O) groups is 1. The molecule has 0 amide bonds. The van der Waals surface area contributed by atoms with Crippen molar-refractivity contribution in [3.8, 4) is 6.07 Å². The molecule has 4 rings (SSSR count). The van der Waals surface area contributed by atoms with Gasteiger partial charge in [0.05, 0.1) is 22.5 Å². The molecule has 2 aromatic carbocycles. The fourth-order valence-electron chi connectivity index (χ4n) is 4.30. The maximum absolute atomic E-state index is 13.1. The molecule has 2 aliphatic rings. The van der Waals surface area contributed by atoms with E-state index in [2.05, 4.69) is 6.07 Å². The van der Waals surface area contributed by atoms with Crippen molar-refractivity contribution in [2.75, 3.05) is 4.90 Å². The zero-order valence-electron chi connectivity index (χ0n) is 16.5. The van der Waals surface area contributed by atoms with Crippen LogP contribution in [0.15, 0.2) is 71.2 Å². The number of carbonyl (C=O) groups excluding carboxylic acids is 1. The number of benzene rings is 2. The fourth-order valence-corrected chi connectivity index (χ4v) is 4.30. The number of nitro benzene ring substituents is 1. The molecule has 0 radical (unpaired) electrons. The highest BCUT2D eigenvalue weighted by atomic mass is 16.6. The molecule has 30 heavy (non-hydrogen) atoms. The van der Waals surface area contributed by atoms with E-state index in [1.165, 1.54) is 12.1 Å². The van der Waals surface area contributed by atoms with Crippen molar-refractivity contribution in [3.63, 3.8) is 0 Å². The summed E-state index contributed by atoms with van der Waals surface area (Å²) in [4.78, 5) is 25.6. The van der Waals surface area contributed by atoms with Gasteiger partial charge in [-0.25, -0.2) is 0 Å². The van der Waals surface area contributed by atoms with E-state index in [1.54, 1.807) is 17.0 Å². The van der Waals surface area contributed by atoms with E-state index in [4.69, 9.17) is 5.73 Å². The number of nitrogens with zero attached hydrogens (tertiary/aromatic N) is 3. The number of Topliss-reactive ketones (excluding diaryl/α,β-unsaturated/α-hetero) is 1. The molecular weight excluding hydrogens is 380 g/mol. The highest BCUT2D eigenvalue weighted by Crippen LogP contribution is 2.46. The Kier molecular flexibility index (Phi) is 4.84. The number of ketones is 1. The van der Waals surface area contributed by atoms with Crippen LogP contribution in [-0.4, -0.2) is 10.7 Å². The monoisotopic (exact) mass is 400 g/mol. The van der Waals surface area contributed by atoms with E-state index >= 15 is 0 Å². The first kappa shape index (κ1) is 19.4. The summed E-state index contributed by atoms with van der Waals surface area (Å²) >= 11 is 0. The average molecular weight is 400 g/mol. The molecule has 1 aliphatic carbocycles. The Morgan fingerprint density at radius 1 is 1.20 bits per heavy atom. The molecule has 150 valence electrons. The molecule has 7 nitrogen and oxygen atoms in total. The molecular formula is C23H20N4O3. The molecule has 7 heteroatoms. The van der Waals surface area contributed by atoms with Crippen molar-refractivity contribution in [2.45, 2.75) is 32.1 Å². The lowest BCUT2D eigenvalue weighted by Gasteiger charge is -2.39.